The van der Waals surface area contributed by atoms with Crippen molar-refractivity contribution in [3.8, 4) is 11.5 Å². The van der Waals surface area contributed by atoms with Crippen LogP contribution in [0, 0.1) is 0 Å². The van der Waals surface area contributed by atoms with Crippen LogP contribution in [0.3, 0.4) is 0 Å². The van der Waals surface area contributed by atoms with E-state index in [9.17, 15) is 15.0 Å². The van der Waals surface area contributed by atoms with E-state index in [1.54, 1.807) is 12.3 Å². The van der Waals surface area contributed by atoms with Gasteiger partial charge in [-0.1, -0.05) is 6.07 Å². The number of hydrogen-bond donors (Lipinski definition) is 3. The molecule has 1 amide bonds. The van der Waals surface area contributed by atoms with E-state index < -0.39 is 0 Å². The number of aryl methyl sites for hydroxylation is 1. The quantitative estimate of drug-likeness (QED) is 0.753. The Balaban J connectivity index is 1.65. The SMILES string of the molecule is CC(Cc1ccc(O)c(O)c1)NC(=O)c1cnn2c1CCCC2. The fraction of sp³-hybridized carbons (Fsp3) is 0.412. The average Bonchev–Trinajstić information content (AvgIpc) is 2.95. The zero-order valence-corrected chi connectivity index (χ0v) is 13.1. The lowest BCUT2D eigenvalue weighted by molar-refractivity contribution is 0.0938. The third-order valence-corrected chi connectivity index (χ3v) is 4.19. The van der Waals surface area contributed by atoms with Gasteiger partial charge in [0.25, 0.3) is 5.91 Å². The number of nitrogens with one attached hydrogen (secondary N) is 1. The molecule has 1 aliphatic heterocycles. The van der Waals surface area contributed by atoms with Crippen LogP contribution in [0.25, 0.3) is 0 Å². The Hall–Kier alpha value is -2.50. The molecule has 122 valence electrons. The molecule has 0 fully saturated rings. The van der Waals surface area contributed by atoms with Gasteiger partial charge in [-0.05, 0) is 50.3 Å². The topological polar surface area (TPSA) is 87.4 Å². The number of amides is 1. The zero-order valence-electron chi connectivity index (χ0n) is 13.1. The van der Waals surface area contributed by atoms with E-state index in [1.165, 1.54) is 12.1 Å². The van der Waals surface area contributed by atoms with Gasteiger partial charge in [0, 0.05) is 12.6 Å². The maximum absolute atomic E-state index is 12.4. The lowest BCUT2D eigenvalue weighted by Gasteiger charge is -2.17. The van der Waals surface area contributed by atoms with Gasteiger partial charge in [0.15, 0.2) is 11.5 Å². The number of aromatic hydroxyl groups is 2. The van der Waals surface area contributed by atoms with Crippen LogP contribution >= 0.6 is 0 Å². The highest BCUT2D eigenvalue weighted by Crippen LogP contribution is 2.25. The molecule has 0 aliphatic carbocycles. The van der Waals surface area contributed by atoms with Crippen LogP contribution in [0.5, 0.6) is 11.5 Å². The van der Waals surface area contributed by atoms with Gasteiger partial charge in [-0.3, -0.25) is 9.48 Å². The monoisotopic (exact) mass is 315 g/mol. The molecule has 1 aromatic heterocycles. The molecule has 2 aromatic rings. The number of aromatic nitrogens is 2. The van der Waals surface area contributed by atoms with Crippen LogP contribution in [0.15, 0.2) is 24.4 Å². The van der Waals surface area contributed by atoms with Crippen LogP contribution < -0.4 is 5.32 Å². The normalized spacial score (nSPS) is 15.0. The van der Waals surface area contributed by atoms with Crippen LogP contribution in [0.2, 0.25) is 0 Å². The largest absolute Gasteiger partial charge is 0.504 e. The summed E-state index contributed by atoms with van der Waals surface area (Å²) in [5.41, 5.74) is 2.53. The number of rotatable bonds is 4. The summed E-state index contributed by atoms with van der Waals surface area (Å²) >= 11 is 0. The van der Waals surface area contributed by atoms with E-state index in [4.69, 9.17) is 0 Å². The van der Waals surface area contributed by atoms with Crippen molar-refractivity contribution in [2.24, 2.45) is 0 Å². The fourth-order valence-corrected chi connectivity index (χ4v) is 3.01. The first-order valence-electron chi connectivity index (χ1n) is 7.91. The number of benzene rings is 1. The molecule has 0 spiro atoms. The third-order valence-electron chi connectivity index (χ3n) is 4.19. The summed E-state index contributed by atoms with van der Waals surface area (Å²) in [5.74, 6) is -0.396. The molecule has 1 aromatic carbocycles. The molecular weight excluding hydrogens is 294 g/mol. The number of nitrogens with zero attached hydrogens (tertiary/aromatic N) is 2. The number of hydrogen-bond acceptors (Lipinski definition) is 4. The van der Waals surface area contributed by atoms with Crippen molar-refractivity contribution >= 4 is 5.91 Å². The Morgan fingerprint density at radius 1 is 1.35 bits per heavy atom. The van der Waals surface area contributed by atoms with E-state index in [-0.39, 0.29) is 23.4 Å². The Morgan fingerprint density at radius 2 is 2.17 bits per heavy atom. The second-order valence-electron chi connectivity index (χ2n) is 6.09. The Kier molecular flexibility index (Phi) is 4.23. The third kappa shape index (κ3) is 3.31. The van der Waals surface area contributed by atoms with Crippen LogP contribution in [0.4, 0.5) is 0 Å². The number of carbonyl (C=O) groups is 1. The molecule has 0 bridgehead atoms. The van der Waals surface area contributed by atoms with Crippen molar-refractivity contribution in [3.63, 3.8) is 0 Å². The lowest BCUT2D eigenvalue weighted by Crippen LogP contribution is -2.34. The van der Waals surface area contributed by atoms with E-state index in [0.717, 1.165) is 37.1 Å². The van der Waals surface area contributed by atoms with Crippen molar-refractivity contribution < 1.29 is 15.0 Å². The lowest BCUT2D eigenvalue weighted by atomic mass is 10.0. The predicted octanol–water partition coefficient (Wildman–Crippen LogP) is 1.99. The molecule has 23 heavy (non-hydrogen) atoms. The molecule has 6 nitrogen and oxygen atoms in total. The van der Waals surface area contributed by atoms with Gasteiger partial charge in [0.2, 0.25) is 0 Å². The molecule has 3 rings (SSSR count). The smallest absolute Gasteiger partial charge is 0.254 e. The van der Waals surface area contributed by atoms with Gasteiger partial charge in [0.05, 0.1) is 17.5 Å². The van der Waals surface area contributed by atoms with E-state index in [0.29, 0.717) is 12.0 Å². The van der Waals surface area contributed by atoms with Crippen LogP contribution in [-0.4, -0.2) is 31.9 Å². The number of phenols is 2. The van der Waals surface area contributed by atoms with Crippen LogP contribution in [-0.2, 0) is 19.4 Å². The first-order valence-corrected chi connectivity index (χ1v) is 7.91. The molecule has 3 N–H and O–H groups in total. The number of fused-ring (bicyclic) bond motifs is 1. The molecule has 0 radical (unpaired) electrons. The summed E-state index contributed by atoms with van der Waals surface area (Å²) in [6.07, 6.45) is 5.31. The molecular formula is C17H21N3O3. The summed E-state index contributed by atoms with van der Waals surface area (Å²) in [6.45, 7) is 2.79. The van der Waals surface area contributed by atoms with Gasteiger partial charge >= 0.3 is 0 Å². The molecule has 2 heterocycles. The van der Waals surface area contributed by atoms with Gasteiger partial charge in [0.1, 0.15) is 0 Å². The predicted molar refractivity (Wildman–Crippen MR) is 85.6 cm³/mol. The number of carbonyl (C=O) groups excluding carboxylic acids is 1. The summed E-state index contributed by atoms with van der Waals surface area (Å²) < 4.78 is 1.92. The minimum atomic E-state index is -0.147. The minimum absolute atomic E-state index is 0.0921. The Bertz CT molecular complexity index is 724. The zero-order chi connectivity index (χ0) is 16.4. The highest BCUT2D eigenvalue weighted by atomic mass is 16.3. The molecule has 6 heteroatoms. The summed E-state index contributed by atoms with van der Waals surface area (Å²) in [6, 6.07) is 4.61. The summed E-state index contributed by atoms with van der Waals surface area (Å²) in [7, 11) is 0. The maximum Gasteiger partial charge on any atom is 0.254 e. The fourth-order valence-electron chi connectivity index (χ4n) is 3.01. The summed E-state index contributed by atoms with van der Waals surface area (Å²) in [5, 5.41) is 26.1. The average molecular weight is 315 g/mol. The molecule has 0 saturated heterocycles. The van der Waals surface area contributed by atoms with E-state index >= 15 is 0 Å². The second-order valence-corrected chi connectivity index (χ2v) is 6.09. The van der Waals surface area contributed by atoms with Gasteiger partial charge in [-0.2, -0.15) is 5.10 Å². The van der Waals surface area contributed by atoms with Crippen molar-refractivity contribution in [3.05, 3.63) is 41.2 Å². The molecule has 1 unspecified atom stereocenters. The van der Waals surface area contributed by atoms with Gasteiger partial charge in [-0.25, -0.2) is 0 Å². The van der Waals surface area contributed by atoms with Crippen molar-refractivity contribution in [2.75, 3.05) is 0 Å². The minimum Gasteiger partial charge on any atom is -0.504 e. The van der Waals surface area contributed by atoms with Crippen molar-refractivity contribution in [1.82, 2.24) is 15.1 Å². The van der Waals surface area contributed by atoms with Crippen molar-refractivity contribution in [2.45, 2.75) is 45.2 Å². The molecule has 1 aliphatic rings. The van der Waals surface area contributed by atoms with E-state index in [1.807, 2.05) is 11.6 Å². The Morgan fingerprint density at radius 3 is 2.96 bits per heavy atom. The summed E-state index contributed by atoms with van der Waals surface area (Å²) in [4.78, 5) is 12.4. The highest BCUT2D eigenvalue weighted by molar-refractivity contribution is 5.95. The first kappa shape index (κ1) is 15.4. The second kappa shape index (κ2) is 6.32. The standard InChI is InChI=1S/C17H21N3O3/c1-11(8-12-5-6-15(21)16(22)9-12)19-17(23)13-10-18-20-7-3-2-4-14(13)20/h5-6,9-11,21-22H,2-4,7-8H2,1H3,(H,19,23). The number of phenolic OH excluding ortho intramolecular Hbond substituents is 2. The van der Waals surface area contributed by atoms with Crippen molar-refractivity contribution in [1.29, 1.82) is 0 Å². The molecule has 1 atom stereocenters. The Labute approximate surface area is 134 Å². The first-order chi connectivity index (χ1) is 11.0. The van der Waals surface area contributed by atoms with Gasteiger partial charge < -0.3 is 15.5 Å². The molecule has 0 saturated carbocycles. The maximum atomic E-state index is 12.4. The van der Waals surface area contributed by atoms with E-state index in [2.05, 4.69) is 10.4 Å². The highest BCUT2D eigenvalue weighted by Gasteiger charge is 2.20. The van der Waals surface area contributed by atoms with Gasteiger partial charge in [-0.15, -0.1) is 0 Å². The van der Waals surface area contributed by atoms with Crippen LogP contribution in [0.1, 0.15) is 41.4 Å².